The summed E-state index contributed by atoms with van der Waals surface area (Å²) in [5.74, 6) is 0.534. The van der Waals surface area contributed by atoms with E-state index in [1.165, 1.54) is 11.8 Å². The second-order valence-electron chi connectivity index (χ2n) is 4.95. The second kappa shape index (κ2) is 6.55. The number of nitrogens with one attached hydrogen (secondary N) is 2. The van der Waals surface area contributed by atoms with E-state index in [-0.39, 0.29) is 11.7 Å². The first-order chi connectivity index (χ1) is 11.0. The highest BCUT2D eigenvalue weighted by Gasteiger charge is 2.15. The van der Waals surface area contributed by atoms with E-state index in [2.05, 4.69) is 25.7 Å². The maximum atomic E-state index is 12.0. The van der Waals surface area contributed by atoms with Gasteiger partial charge in [0, 0.05) is 0 Å². The number of carbonyl (C=O) groups excluding carboxylic acids is 1. The van der Waals surface area contributed by atoms with Gasteiger partial charge in [-0.25, -0.2) is 0 Å². The Morgan fingerprint density at radius 3 is 2.87 bits per heavy atom. The van der Waals surface area contributed by atoms with Crippen LogP contribution in [0.15, 0.2) is 21.1 Å². The van der Waals surface area contributed by atoms with E-state index in [0.717, 1.165) is 27.5 Å². The number of carbonyl (C=O) groups is 1. The molecule has 3 heterocycles. The van der Waals surface area contributed by atoms with Crippen molar-refractivity contribution >= 4 is 34.7 Å². The molecule has 120 valence electrons. The molecule has 0 radical (unpaired) electrons. The number of aromatic amines is 1. The lowest BCUT2D eigenvalue weighted by Crippen LogP contribution is -2.15. The number of hydrogen-bond acceptors (Lipinski definition) is 7. The molecule has 0 unspecified atom stereocenters. The molecule has 0 spiro atoms. The molecule has 0 fully saturated rings. The summed E-state index contributed by atoms with van der Waals surface area (Å²) in [5, 5.41) is 20.1. The van der Waals surface area contributed by atoms with Crippen molar-refractivity contribution in [2.24, 2.45) is 0 Å². The van der Waals surface area contributed by atoms with Crippen LogP contribution >= 0.6 is 23.1 Å². The molecule has 0 bridgehead atoms. The normalized spacial score (nSPS) is 10.9. The molecule has 0 aromatic carbocycles. The van der Waals surface area contributed by atoms with Gasteiger partial charge in [-0.2, -0.15) is 5.10 Å². The van der Waals surface area contributed by atoms with Crippen molar-refractivity contribution < 1.29 is 9.21 Å². The van der Waals surface area contributed by atoms with Crippen LogP contribution in [0.3, 0.4) is 0 Å². The lowest BCUT2D eigenvalue weighted by Gasteiger charge is -2.03. The SMILES string of the molecule is Cc1ccsc1-c1nnc(SCC(=O)Nc2c(C)n[nH]c2C)o1. The number of aryl methyl sites for hydroxylation is 3. The van der Waals surface area contributed by atoms with Crippen LogP contribution in [0.25, 0.3) is 10.8 Å². The van der Waals surface area contributed by atoms with Crippen LogP contribution in [0.4, 0.5) is 5.69 Å². The average molecular weight is 349 g/mol. The molecule has 1 amide bonds. The van der Waals surface area contributed by atoms with E-state index in [0.29, 0.717) is 11.1 Å². The lowest BCUT2D eigenvalue weighted by molar-refractivity contribution is -0.113. The van der Waals surface area contributed by atoms with Gasteiger partial charge in [0.15, 0.2) is 0 Å². The molecule has 0 saturated heterocycles. The Hall–Kier alpha value is -2.13. The van der Waals surface area contributed by atoms with Gasteiger partial charge < -0.3 is 9.73 Å². The average Bonchev–Trinajstić information content (AvgIpc) is 3.22. The first-order valence-electron chi connectivity index (χ1n) is 6.86. The maximum absolute atomic E-state index is 12.0. The van der Waals surface area contributed by atoms with Gasteiger partial charge in [0.05, 0.1) is 27.7 Å². The zero-order valence-electron chi connectivity index (χ0n) is 12.8. The highest BCUT2D eigenvalue weighted by atomic mass is 32.2. The zero-order valence-corrected chi connectivity index (χ0v) is 14.5. The van der Waals surface area contributed by atoms with Crippen molar-refractivity contribution in [2.75, 3.05) is 11.1 Å². The summed E-state index contributed by atoms with van der Waals surface area (Å²) in [5.41, 5.74) is 3.40. The van der Waals surface area contributed by atoms with Crippen LogP contribution < -0.4 is 5.32 Å². The fourth-order valence-corrected chi connectivity index (χ4v) is 3.40. The summed E-state index contributed by atoms with van der Waals surface area (Å²) in [6.45, 7) is 5.68. The van der Waals surface area contributed by atoms with Crippen molar-refractivity contribution in [3.63, 3.8) is 0 Å². The van der Waals surface area contributed by atoms with Crippen molar-refractivity contribution in [3.8, 4) is 10.8 Å². The largest absolute Gasteiger partial charge is 0.410 e. The summed E-state index contributed by atoms with van der Waals surface area (Å²) in [7, 11) is 0. The fourth-order valence-electron chi connectivity index (χ4n) is 1.99. The maximum Gasteiger partial charge on any atom is 0.277 e. The molecule has 3 aromatic heterocycles. The van der Waals surface area contributed by atoms with Crippen LogP contribution in [0.2, 0.25) is 0 Å². The standard InChI is InChI=1S/C14H15N5O2S2/c1-7-4-5-22-12(7)13-18-19-14(21-13)23-6-10(20)15-11-8(2)16-17-9(11)3/h4-5H,6H2,1-3H3,(H,15,20)(H,16,17). The number of thiophene rings is 1. The Balaban J connectivity index is 1.60. The number of thioether (sulfide) groups is 1. The quantitative estimate of drug-likeness (QED) is 0.687. The summed E-state index contributed by atoms with van der Waals surface area (Å²) in [6.07, 6.45) is 0. The molecule has 3 rings (SSSR count). The van der Waals surface area contributed by atoms with E-state index < -0.39 is 0 Å². The van der Waals surface area contributed by atoms with Gasteiger partial charge in [-0.15, -0.1) is 21.5 Å². The molecule has 0 saturated carbocycles. The van der Waals surface area contributed by atoms with Crippen LogP contribution in [0.5, 0.6) is 0 Å². The van der Waals surface area contributed by atoms with Gasteiger partial charge in [0.1, 0.15) is 0 Å². The fraction of sp³-hybridized carbons (Fsp3) is 0.286. The van der Waals surface area contributed by atoms with Gasteiger partial charge in [0.2, 0.25) is 5.91 Å². The minimum Gasteiger partial charge on any atom is -0.410 e. The number of hydrogen-bond donors (Lipinski definition) is 2. The summed E-state index contributed by atoms with van der Waals surface area (Å²) >= 11 is 2.76. The number of nitrogens with zero attached hydrogens (tertiary/aromatic N) is 3. The minimum absolute atomic E-state index is 0.144. The highest BCUT2D eigenvalue weighted by molar-refractivity contribution is 7.99. The molecule has 23 heavy (non-hydrogen) atoms. The second-order valence-corrected chi connectivity index (χ2v) is 6.79. The molecular weight excluding hydrogens is 334 g/mol. The molecular formula is C14H15N5O2S2. The summed E-state index contributed by atoms with van der Waals surface area (Å²) in [4.78, 5) is 13.0. The number of rotatable bonds is 5. The topological polar surface area (TPSA) is 96.7 Å². The van der Waals surface area contributed by atoms with E-state index in [1.54, 1.807) is 11.3 Å². The van der Waals surface area contributed by atoms with Gasteiger partial charge in [0.25, 0.3) is 11.1 Å². The molecule has 0 atom stereocenters. The molecule has 0 aliphatic heterocycles. The van der Waals surface area contributed by atoms with Crippen LogP contribution in [0, 0.1) is 20.8 Å². The third-order valence-electron chi connectivity index (χ3n) is 3.18. The molecule has 0 aliphatic carbocycles. The number of amides is 1. The Kier molecular flexibility index (Phi) is 4.49. The first-order valence-corrected chi connectivity index (χ1v) is 8.73. The van der Waals surface area contributed by atoms with E-state index in [1.807, 2.05) is 32.2 Å². The van der Waals surface area contributed by atoms with Gasteiger partial charge >= 0.3 is 0 Å². The Labute approximate surface area is 140 Å². The molecule has 9 heteroatoms. The molecule has 0 aliphatic rings. The van der Waals surface area contributed by atoms with Crippen LogP contribution in [-0.4, -0.2) is 32.1 Å². The van der Waals surface area contributed by atoms with E-state index in [4.69, 9.17) is 4.42 Å². The number of anilines is 1. The monoisotopic (exact) mass is 349 g/mol. The third kappa shape index (κ3) is 3.45. The Morgan fingerprint density at radius 1 is 1.39 bits per heavy atom. The number of H-pyrrole nitrogens is 1. The van der Waals surface area contributed by atoms with Crippen molar-refractivity contribution in [2.45, 2.75) is 26.0 Å². The van der Waals surface area contributed by atoms with Crippen molar-refractivity contribution in [1.29, 1.82) is 0 Å². The Morgan fingerprint density at radius 2 is 2.22 bits per heavy atom. The van der Waals surface area contributed by atoms with E-state index in [9.17, 15) is 4.79 Å². The predicted molar refractivity (Wildman–Crippen MR) is 89.8 cm³/mol. The van der Waals surface area contributed by atoms with Crippen molar-refractivity contribution in [1.82, 2.24) is 20.4 Å². The molecule has 7 nitrogen and oxygen atoms in total. The smallest absolute Gasteiger partial charge is 0.277 e. The van der Waals surface area contributed by atoms with Gasteiger partial charge in [-0.05, 0) is 37.8 Å². The van der Waals surface area contributed by atoms with E-state index >= 15 is 0 Å². The van der Waals surface area contributed by atoms with Crippen LogP contribution in [0.1, 0.15) is 17.0 Å². The third-order valence-corrected chi connectivity index (χ3v) is 5.00. The first kappa shape index (κ1) is 15.8. The van der Waals surface area contributed by atoms with Gasteiger partial charge in [-0.3, -0.25) is 9.89 Å². The van der Waals surface area contributed by atoms with Crippen molar-refractivity contribution in [3.05, 3.63) is 28.4 Å². The summed E-state index contributed by atoms with van der Waals surface area (Å²) in [6, 6.07) is 2.00. The Bertz CT molecular complexity index is 816. The molecule has 2 N–H and O–H groups in total. The predicted octanol–water partition coefficient (Wildman–Crippen LogP) is 3.18. The lowest BCUT2D eigenvalue weighted by atomic mass is 10.3. The zero-order chi connectivity index (χ0) is 16.4. The number of aromatic nitrogens is 4. The summed E-state index contributed by atoms with van der Waals surface area (Å²) < 4.78 is 5.59. The van der Waals surface area contributed by atoms with Gasteiger partial charge in [-0.1, -0.05) is 11.8 Å². The molecule has 3 aromatic rings. The van der Waals surface area contributed by atoms with Crippen LogP contribution in [-0.2, 0) is 4.79 Å². The minimum atomic E-state index is -0.144. The highest BCUT2D eigenvalue weighted by Crippen LogP contribution is 2.30.